The van der Waals surface area contributed by atoms with Gasteiger partial charge < -0.3 is 9.88 Å². The molecule has 0 bridgehead atoms. The van der Waals surface area contributed by atoms with Crippen molar-refractivity contribution in [2.75, 3.05) is 17.2 Å². The van der Waals surface area contributed by atoms with E-state index in [9.17, 15) is 0 Å². The van der Waals surface area contributed by atoms with Crippen molar-refractivity contribution in [2.24, 2.45) is 7.05 Å². The minimum Gasteiger partial charge on any atom is -0.346 e. The van der Waals surface area contributed by atoms with Crippen LogP contribution >= 0.6 is 11.8 Å². The number of rotatable bonds is 2. The molecule has 1 aliphatic heterocycles. The van der Waals surface area contributed by atoms with E-state index < -0.39 is 0 Å². The SMILES string of the molecule is Cc1c[nH]c2ncnc(N3C=C(c4ccnn4C)SCC3)c12. The van der Waals surface area contributed by atoms with E-state index in [1.54, 1.807) is 6.33 Å². The molecule has 1 aliphatic rings. The highest BCUT2D eigenvalue weighted by atomic mass is 32.2. The van der Waals surface area contributed by atoms with Gasteiger partial charge in [0.05, 0.1) is 11.1 Å². The molecule has 0 saturated heterocycles. The van der Waals surface area contributed by atoms with Crippen molar-refractivity contribution >= 4 is 33.5 Å². The lowest BCUT2D eigenvalue weighted by atomic mass is 10.2. The first-order valence-electron chi connectivity index (χ1n) is 7.12. The summed E-state index contributed by atoms with van der Waals surface area (Å²) in [5.41, 5.74) is 3.18. The largest absolute Gasteiger partial charge is 0.346 e. The third-order valence-corrected chi connectivity index (χ3v) is 4.87. The molecule has 0 unspecified atom stereocenters. The minimum atomic E-state index is 0.885. The number of anilines is 1. The zero-order valence-corrected chi connectivity index (χ0v) is 13.3. The Balaban J connectivity index is 1.81. The lowest BCUT2D eigenvalue weighted by Crippen LogP contribution is -2.24. The standard InChI is InChI=1S/C15H16N6S/c1-10-7-16-14-13(10)15(18-9-17-14)21-5-6-22-12(8-21)11-3-4-19-20(11)2/h3-4,7-9H,5-6H2,1-2H3,(H,16,17,18). The molecule has 3 aromatic heterocycles. The van der Waals surface area contributed by atoms with Crippen LogP contribution in [0, 0.1) is 6.92 Å². The average molecular weight is 312 g/mol. The topological polar surface area (TPSA) is 62.6 Å². The number of thioether (sulfide) groups is 1. The fourth-order valence-electron chi connectivity index (χ4n) is 2.74. The van der Waals surface area contributed by atoms with Crippen molar-refractivity contribution in [3.63, 3.8) is 0 Å². The zero-order valence-electron chi connectivity index (χ0n) is 12.4. The van der Waals surface area contributed by atoms with E-state index in [4.69, 9.17) is 0 Å². The molecule has 1 N–H and O–H groups in total. The van der Waals surface area contributed by atoms with Gasteiger partial charge in [-0.15, -0.1) is 11.8 Å². The van der Waals surface area contributed by atoms with Crippen molar-refractivity contribution in [1.29, 1.82) is 0 Å². The summed E-state index contributed by atoms with van der Waals surface area (Å²) in [5, 5.41) is 5.35. The fraction of sp³-hybridized carbons (Fsp3) is 0.267. The number of aromatic amines is 1. The van der Waals surface area contributed by atoms with Gasteiger partial charge in [-0.05, 0) is 18.6 Å². The third-order valence-electron chi connectivity index (χ3n) is 3.86. The predicted molar refractivity (Wildman–Crippen MR) is 89.6 cm³/mol. The predicted octanol–water partition coefficient (Wildman–Crippen LogP) is 2.55. The number of H-pyrrole nitrogens is 1. The first-order chi connectivity index (χ1) is 10.7. The van der Waals surface area contributed by atoms with Crippen molar-refractivity contribution in [3.05, 3.63) is 42.2 Å². The van der Waals surface area contributed by atoms with Gasteiger partial charge in [0.2, 0.25) is 0 Å². The van der Waals surface area contributed by atoms with E-state index in [-0.39, 0.29) is 0 Å². The summed E-state index contributed by atoms with van der Waals surface area (Å²) in [4.78, 5) is 15.5. The van der Waals surface area contributed by atoms with Gasteiger partial charge in [0, 0.05) is 42.8 Å². The maximum atomic E-state index is 4.52. The van der Waals surface area contributed by atoms with Gasteiger partial charge in [0.15, 0.2) is 0 Å². The van der Waals surface area contributed by atoms with Crippen molar-refractivity contribution < 1.29 is 0 Å². The van der Waals surface area contributed by atoms with Gasteiger partial charge in [-0.1, -0.05) is 0 Å². The van der Waals surface area contributed by atoms with Crippen molar-refractivity contribution in [1.82, 2.24) is 24.7 Å². The number of fused-ring (bicyclic) bond motifs is 1. The van der Waals surface area contributed by atoms with E-state index in [0.717, 1.165) is 34.8 Å². The normalized spacial score (nSPS) is 15.4. The lowest BCUT2D eigenvalue weighted by molar-refractivity contribution is 0.758. The summed E-state index contributed by atoms with van der Waals surface area (Å²) in [5.74, 6) is 1.98. The summed E-state index contributed by atoms with van der Waals surface area (Å²) in [6.07, 6.45) is 7.59. The molecule has 6 nitrogen and oxygen atoms in total. The first-order valence-corrected chi connectivity index (χ1v) is 8.11. The smallest absolute Gasteiger partial charge is 0.145 e. The molecule has 0 saturated carbocycles. The van der Waals surface area contributed by atoms with Crippen LogP contribution in [0.25, 0.3) is 15.9 Å². The Morgan fingerprint density at radius 2 is 2.23 bits per heavy atom. The number of aromatic nitrogens is 5. The average Bonchev–Trinajstić information content (AvgIpc) is 3.14. The van der Waals surface area contributed by atoms with E-state index in [1.807, 2.05) is 42.0 Å². The van der Waals surface area contributed by atoms with Gasteiger partial charge in [-0.25, -0.2) is 9.97 Å². The zero-order chi connectivity index (χ0) is 15.1. The van der Waals surface area contributed by atoms with E-state index in [2.05, 4.69) is 38.1 Å². The molecular formula is C15H16N6S. The Hall–Kier alpha value is -2.28. The molecule has 0 aromatic carbocycles. The van der Waals surface area contributed by atoms with E-state index in [1.165, 1.54) is 10.5 Å². The Morgan fingerprint density at radius 3 is 3.05 bits per heavy atom. The van der Waals surface area contributed by atoms with Crippen LogP contribution in [0.4, 0.5) is 5.82 Å². The molecule has 7 heteroatoms. The molecular weight excluding hydrogens is 296 g/mol. The molecule has 0 radical (unpaired) electrons. The number of hydrogen-bond donors (Lipinski definition) is 1. The van der Waals surface area contributed by atoms with Crippen LogP contribution in [0.15, 0.2) is 31.0 Å². The summed E-state index contributed by atoms with van der Waals surface area (Å²) in [6.45, 7) is 3.01. The summed E-state index contributed by atoms with van der Waals surface area (Å²) < 4.78 is 1.90. The monoisotopic (exact) mass is 312 g/mol. The maximum Gasteiger partial charge on any atom is 0.145 e. The van der Waals surface area contributed by atoms with Crippen LogP contribution in [0.3, 0.4) is 0 Å². The molecule has 3 aromatic rings. The molecule has 22 heavy (non-hydrogen) atoms. The highest BCUT2D eigenvalue weighted by Gasteiger charge is 2.19. The Kier molecular flexibility index (Phi) is 3.15. The van der Waals surface area contributed by atoms with Crippen LogP contribution in [0.2, 0.25) is 0 Å². The number of nitrogens with zero attached hydrogens (tertiary/aromatic N) is 5. The quantitative estimate of drug-likeness (QED) is 0.788. The number of aryl methyl sites for hydroxylation is 2. The van der Waals surface area contributed by atoms with Gasteiger partial charge in [0.1, 0.15) is 17.8 Å². The molecule has 0 aliphatic carbocycles. The van der Waals surface area contributed by atoms with Gasteiger partial charge in [0.25, 0.3) is 0 Å². The van der Waals surface area contributed by atoms with E-state index >= 15 is 0 Å². The maximum absolute atomic E-state index is 4.52. The highest BCUT2D eigenvalue weighted by Crippen LogP contribution is 2.34. The number of hydrogen-bond acceptors (Lipinski definition) is 5. The lowest BCUT2D eigenvalue weighted by Gasteiger charge is -2.26. The molecule has 0 amide bonds. The fourth-order valence-corrected chi connectivity index (χ4v) is 3.79. The second kappa shape index (κ2) is 5.17. The summed E-state index contributed by atoms with van der Waals surface area (Å²) in [6, 6.07) is 2.04. The van der Waals surface area contributed by atoms with E-state index in [0.29, 0.717) is 0 Å². The van der Waals surface area contributed by atoms with Crippen LogP contribution in [0.5, 0.6) is 0 Å². The Morgan fingerprint density at radius 1 is 1.32 bits per heavy atom. The Bertz CT molecular complexity index is 862. The van der Waals surface area contributed by atoms with Crippen molar-refractivity contribution in [3.8, 4) is 0 Å². The van der Waals surface area contributed by atoms with Crippen LogP contribution in [-0.4, -0.2) is 37.0 Å². The van der Waals surface area contributed by atoms with Gasteiger partial charge in [-0.3, -0.25) is 4.68 Å². The van der Waals surface area contributed by atoms with Crippen LogP contribution in [0.1, 0.15) is 11.3 Å². The second-order valence-corrected chi connectivity index (χ2v) is 6.40. The molecule has 0 fully saturated rings. The molecule has 112 valence electrons. The number of nitrogens with one attached hydrogen (secondary N) is 1. The Labute approximate surface area is 132 Å². The van der Waals surface area contributed by atoms with Crippen molar-refractivity contribution in [2.45, 2.75) is 6.92 Å². The van der Waals surface area contributed by atoms with Crippen LogP contribution < -0.4 is 4.90 Å². The third kappa shape index (κ3) is 2.09. The van der Waals surface area contributed by atoms with Crippen LogP contribution in [-0.2, 0) is 7.05 Å². The van der Waals surface area contributed by atoms with Gasteiger partial charge in [-0.2, -0.15) is 5.10 Å². The van der Waals surface area contributed by atoms with Gasteiger partial charge >= 0.3 is 0 Å². The first kappa shape index (κ1) is 13.4. The highest BCUT2D eigenvalue weighted by molar-refractivity contribution is 8.08. The second-order valence-electron chi connectivity index (χ2n) is 5.27. The summed E-state index contributed by atoms with van der Waals surface area (Å²) in [7, 11) is 1.97. The summed E-state index contributed by atoms with van der Waals surface area (Å²) >= 11 is 1.85. The molecule has 0 atom stereocenters. The molecule has 4 heterocycles. The molecule has 0 spiro atoms. The minimum absolute atomic E-state index is 0.885. The molecule has 4 rings (SSSR count).